The maximum atomic E-state index is 12.5. The van der Waals surface area contributed by atoms with Gasteiger partial charge in [-0.3, -0.25) is 9.59 Å². The molecule has 1 amide bonds. The molecule has 0 aliphatic rings. The lowest BCUT2D eigenvalue weighted by Crippen LogP contribution is -2.44. The summed E-state index contributed by atoms with van der Waals surface area (Å²) in [5, 5.41) is 16.3. The average molecular weight is 378 g/mol. The summed E-state index contributed by atoms with van der Waals surface area (Å²) in [7, 11) is 1.56. The van der Waals surface area contributed by atoms with E-state index >= 15 is 0 Å². The third-order valence-electron chi connectivity index (χ3n) is 4.16. The van der Waals surface area contributed by atoms with Crippen molar-refractivity contribution in [3.05, 3.63) is 32.2 Å². The second kappa shape index (κ2) is 7.36. The molecule has 2 heterocycles. The smallest absolute Gasteiger partial charge is 0.326 e. The Bertz CT molecular complexity index is 930. The van der Waals surface area contributed by atoms with Gasteiger partial charge in [0, 0.05) is 7.05 Å². The number of aromatic nitrogens is 3. The van der Waals surface area contributed by atoms with Crippen LogP contribution in [0.4, 0.5) is 0 Å². The van der Waals surface area contributed by atoms with Gasteiger partial charge in [0.15, 0.2) is 0 Å². The number of rotatable bonds is 5. The molecule has 0 spiro atoms. The first-order chi connectivity index (χ1) is 12.0. The number of amides is 1. The number of nitrogens with one attached hydrogen (secondary N) is 1. The molecule has 0 saturated carbocycles. The van der Waals surface area contributed by atoms with Crippen LogP contribution in [0.25, 0.3) is 10.6 Å². The SMILES string of the molecule is Cc1nc(-c2c(C)c(C)nn(C)c2=O)sc1C(=O)NC(C(=O)O)C(C)C. The molecular weight excluding hydrogens is 356 g/mol. The van der Waals surface area contributed by atoms with E-state index < -0.39 is 17.9 Å². The fourth-order valence-electron chi connectivity index (χ4n) is 2.53. The molecule has 26 heavy (non-hydrogen) atoms. The molecule has 0 aliphatic heterocycles. The number of carbonyl (C=O) groups is 2. The van der Waals surface area contributed by atoms with E-state index in [2.05, 4.69) is 15.4 Å². The zero-order valence-electron chi connectivity index (χ0n) is 15.6. The van der Waals surface area contributed by atoms with Crippen LogP contribution >= 0.6 is 11.3 Å². The van der Waals surface area contributed by atoms with Gasteiger partial charge in [0.05, 0.1) is 17.0 Å². The summed E-state index contributed by atoms with van der Waals surface area (Å²) in [6, 6.07) is -0.995. The van der Waals surface area contributed by atoms with Crippen molar-refractivity contribution >= 4 is 23.2 Å². The molecule has 0 fully saturated rings. The molecule has 0 saturated heterocycles. The van der Waals surface area contributed by atoms with Gasteiger partial charge in [-0.2, -0.15) is 5.10 Å². The third kappa shape index (κ3) is 3.67. The summed E-state index contributed by atoms with van der Waals surface area (Å²) in [4.78, 5) is 41.0. The predicted octanol–water partition coefficient (Wildman–Crippen LogP) is 1.67. The fourth-order valence-corrected chi connectivity index (χ4v) is 3.60. The zero-order chi connectivity index (χ0) is 19.8. The first-order valence-electron chi connectivity index (χ1n) is 8.10. The van der Waals surface area contributed by atoms with Gasteiger partial charge in [0.25, 0.3) is 11.5 Å². The quantitative estimate of drug-likeness (QED) is 0.818. The van der Waals surface area contributed by atoms with Crippen molar-refractivity contribution in [1.82, 2.24) is 20.1 Å². The van der Waals surface area contributed by atoms with E-state index in [0.717, 1.165) is 11.3 Å². The minimum atomic E-state index is -1.09. The number of aliphatic carboxylic acids is 1. The Morgan fingerprint density at radius 2 is 1.81 bits per heavy atom. The van der Waals surface area contributed by atoms with Gasteiger partial charge in [-0.05, 0) is 32.3 Å². The maximum Gasteiger partial charge on any atom is 0.326 e. The summed E-state index contributed by atoms with van der Waals surface area (Å²) in [6.07, 6.45) is 0. The van der Waals surface area contributed by atoms with E-state index in [1.807, 2.05) is 0 Å². The summed E-state index contributed by atoms with van der Waals surface area (Å²) in [6.45, 7) is 8.68. The first kappa shape index (κ1) is 19.8. The standard InChI is InChI=1S/C17H22N4O4S/c1-7(2)12(17(24)25)19-14(22)13-10(5)18-15(26-13)11-8(3)9(4)20-21(6)16(11)23/h7,12H,1-6H3,(H,19,22)(H,24,25). The van der Waals surface area contributed by atoms with Crippen LogP contribution < -0.4 is 10.9 Å². The lowest BCUT2D eigenvalue weighted by atomic mass is 10.0. The van der Waals surface area contributed by atoms with Gasteiger partial charge < -0.3 is 10.4 Å². The van der Waals surface area contributed by atoms with E-state index in [4.69, 9.17) is 0 Å². The molecule has 8 nitrogen and oxygen atoms in total. The van der Waals surface area contributed by atoms with Gasteiger partial charge in [-0.15, -0.1) is 11.3 Å². The minimum absolute atomic E-state index is 0.262. The van der Waals surface area contributed by atoms with Crippen LogP contribution in [0.15, 0.2) is 4.79 Å². The van der Waals surface area contributed by atoms with Crippen molar-refractivity contribution in [3.8, 4) is 10.6 Å². The Morgan fingerprint density at radius 3 is 2.35 bits per heavy atom. The Hall–Kier alpha value is -2.55. The molecule has 2 aromatic heterocycles. The van der Waals surface area contributed by atoms with Gasteiger partial charge in [-0.1, -0.05) is 13.8 Å². The van der Waals surface area contributed by atoms with Crippen molar-refractivity contribution in [3.63, 3.8) is 0 Å². The molecule has 2 N–H and O–H groups in total. The van der Waals surface area contributed by atoms with E-state index in [-0.39, 0.29) is 11.5 Å². The molecule has 2 rings (SSSR count). The lowest BCUT2D eigenvalue weighted by Gasteiger charge is -2.17. The normalized spacial score (nSPS) is 12.3. The second-order valence-electron chi connectivity index (χ2n) is 6.48. The number of hydrogen-bond donors (Lipinski definition) is 2. The van der Waals surface area contributed by atoms with Crippen molar-refractivity contribution in [1.29, 1.82) is 0 Å². The van der Waals surface area contributed by atoms with Crippen LogP contribution in [0.1, 0.15) is 40.5 Å². The Kier molecular flexibility index (Phi) is 5.60. The zero-order valence-corrected chi connectivity index (χ0v) is 16.4. The number of hydrogen-bond acceptors (Lipinski definition) is 6. The molecule has 140 valence electrons. The van der Waals surface area contributed by atoms with Crippen LogP contribution in [0.5, 0.6) is 0 Å². The Balaban J connectivity index is 2.47. The van der Waals surface area contributed by atoms with Crippen molar-refractivity contribution in [2.75, 3.05) is 0 Å². The summed E-state index contributed by atoms with van der Waals surface area (Å²) in [5.74, 6) is -1.86. The highest BCUT2D eigenvalue weighted by molar-refractivity contribution is 7.17. The molecule has 0 radical (unpaired) electrons. The minimum Gasteiger partial charge on any atom is -0.480 e. The van der Waals surface area contributed by atoms with Crippen LogP contribution in [-0.4, -0.2) is 37.8 Å². The molecule has 9 heteroatoms. The van der Waals surface area contributed by atoms with E-state index in [1.54, 1.807) is 41.7 Å². The fraction of sp³-hybridized carbons (Fsp3) is 0.471. The van der Waals surface area contributed by atoms with Crippen LogP contribution in [0, 0.1) is 26.7 Å². The monoisotopic (exact) mass is 378 g/mol. The van der Waals surface area contributed by atoms with Gasteiger partial charge in [0.1, 0.15) is 15.9 Å². The highest BCUT2D eigenvalue weighted by Crippen LogP contribution is 2.28. The molecule has 0 bridgehead atoms. The average Bonchev–Trinajstić information content (AvgIpc) is 2.91. The maximum absolute atomic E-state index is 12.5. The number of thiazole rings is 1. The van der Waals surface area contributed by atoms with Gasteiger partial charge in [-0.25, -0.2) is 14.5 Å². The summed E-state index contributed by atoms with van der Waals surface area (Å²) in [5.41, 5.74) is 1.97. The van der Waals surface area contributed by atoms with Gasteiger partial charge in [0.2, 0.25) is 0 Å². The molecule has 1 unspecified atom stereocenters. The molecule has 0 aliphatic carbocycles. The Labute approximate surface area is 154 Å². The van der Waals surface area contributed by atoms with Crippen LogP contribution in [0.2, 0.25) is 0 Å². The Morgan fingerprint density at radius 1 is 1.19 bits per heavy atom. The highest BCUT2D eigenvalue weighted by Gasteiger charge is 2.27. The van der Waals surface area contributed by atoms with Crippen LogP contribution in [0.3, 0.4) is 0 Å². The predicted molar refractivity (Wildman–Crippen MR) is 98.5 cm³/mol. The second-order valence-corrected chi connectivity index (χ2v) is 7.48. The third-order valence-corrected chi connectivity index (χ3v) is 5.34. The van der Waals surface area contributed by atoms with Gasteiger partial charge >= 0.3 is 5.97 Å². The molecule has 1 atom stereocenters. The van der Waals surface area contributed by atoms with Crippen molar-refractivity contribution < 1.29 is 14.7 Å². The highest BCUT2D eigenvalue weighted by atomic mass is 32.1. The molecule has 2 aromatic rings. The number of nitrogens with zero attached hydrogens (tertiary/aromatic N) is 3. The molecule has 0 aromatic carbocycles. The number of carboxylic acids is 1. The van der Waals surface area contributed by atoms with E-state index in [0.29, 0.717) is 32.4 Å². The molecular formula is C17H22N4O4S. The van der Waals surface area contributed by atoms with Crippen molar-refractivity contribution in [2.24, 2.45) is 13.0 Å². The first-order valence-corrected chi connectivity index (χ1v) is 8.92. The number of carboxylic acid groups (broad SMARTS) is 1. The number of aryl methyl sites for hydroxylation is 3. The van der Waals surface area contributed by atoms with Crippen LogP contribution in [-0.2, 0) is 11.8 Å². The topological polar surface area (TPSA) is 114 Å². The van der Waals surface area contributed by atoms with E-state index in [9.17, 15) is 19.5 Å². The summed E-state index contributed by atoms with van der Waals surface area (Å²) < 4.78 is 1.24. The number of carbonyl (C=O) groups excluding carboxylic acids is 1. The lowest BCUT2D eigenvalue weighted by molar-refractivity contribution is -0.140. The summed E-state index contributed by atoms with van der Waals surface area (Å²) >= 11 is 1.07. The largest absolute Gasteiger partial charge is 0.480 e. The van der Waals surface area contributed by atoms with E-state index in [1.165, 1.54) is 4.68 Å². The van der Waals surface area contributed by atoms with Crippen molar-refractivity contribution in [2.45, 2.75) is 40.7 Å².